The van der Waals surface area contributed by atoms with Gasteiger partial charge in [0.05, 0.1) is 0 Å². The number of fused-ring (bicyclic) bond motifs is 1. The largest absolute Gasteiger partial charge is 0.295 e. The predicted octanol–water partition coefficient (Wildman–Crippen LogP) is 4.07. The molecule has 0 amide bonds. The molecule has 104 valence electrons. The zero-order chi connectivity index (χ0) is 13.3. The summed E-state index contributed by atoms with van der Waals surface area (Å²) in [4.78, 5) is 12.6. The van der Waals surface area contributed by atoms with Crippen LogP contribution < -0.4 is 0 Å². The SMILES string of the molecule is O=C1CC2(C3CC4CC(C3)CC2C4)C2C=CC=CC=C12. The molecular weight excluding hydrogens is 244 g/mol. The molecule has 5 saturated carbocycles. The molecule has 0 aromatic rings. The maximum Gasteiger partial charge on any atom is 0.160 e. The van der Waals surface area contributed by atoms with Gasteiger partial charge in [-0.2, -0.15) is 0 Å². The summed E-state index contributed by atoms with van der Waals surface area (Å²) in [6.07, 6.45) is 18.7. The Labute approximate surface area is 120 Å². The molecule has 6 aliphatic rings. The van der Waals surface area contributed by atoms with Gasteiger partial charge in [-0.15, -0.1) is 0 Å². The molecule has 0 saturated heterocycles. The lowest BCUT2D eigenvalue weighted by molar-refractivity contribution is -0.131. The van der Waals surface area contributed by atoms with Crippen LogP contribution in [0.4, 0.5) is 0 Å². The second-order valence-electron chi connectivity index (χ2n) is 7.89. The summed E-state index contributed by atoms with van der Waals surface area (Å²) in [6, 6.07) is 0. The topological polar surface area (TPSA) is 17.1 Å². The number of Topliss-reactive ketones (excluding diaryl/α,β-unsaturated/α-hetero) is 1. The Morgan fingerprint density at radius 3 is 2.30 bits per heavy atom. The van der Waals surface area contributed by atoms with Crippen LogP contribution in [-0.2, 0) is 4.79 Å². The zero-order valence-corrected chi connectivity index (χ0v) is 11.9. The Bertz CT molecular complexity index is 534. The molecule has 0 radical (unpaired) electrons. The summed E-state index contributed by atoms with van der Waals surface area (Å²) in [5.41, 5.74) is 1.42. The molecule has 1 heteroatoms. The van der Waals surface area contributed by atoms with E-state index in [-0.39, 0.29) is 0 Å². The third kappa shape index (κ3) is 1.27. The molecule has 6 rings (SSSR count). The second kappa shape index (κ2) is 3.75. The summed E-state index contributed by atoms with van der Waals surface area (Å²) >= 11 is 0. The van der Waals surface area contributed by atoms with Crippen molar-refractivity contribution in [2.24, 2.45) is 35.0 Å². The van der Waals surface area contributed by atoms with Gasteiger partial charge in [0.25, 0.3) is 0 Å². The van der Waals surface area contributed by atoms with Crippen LogP contribution in [0.15, 0.2) is 36.0 Å². The van der Waals surface area contributed by atoms with Crippen molar-refractivity contribution in [3.63, 3.8) is 0 Å². The minimum atomic E-state index is 0.304. The highest BCUT2D eigenvalue weighted by Crippen LogP contribution is 2.69. The van der Waals surface area contributed by atoms with Gasteiger partial charge in [0.2, 0.25) is 0 Å². The van der Waals surface area contributed by atoms with E-state index in [0.29, 0.717) is 17.1 Å². The van der Waals surface area contributed by atoms with Crippen molar-refractivity contribution in [2.75, 3.05) is 0 Å². The third-order valence-electron chi connectivity index (χ3n) is 7.16. The average molecular weight is 266 g/mol. The quantitative estimate of drug-likeness (QED) is 0.646. The van der Waals surface area contributed by atoms with Crippen LogP contribution in [-0.4, -0.2) is 5.78 Å². The normalized spacial score (nSPS) is 51.5. The van der Waals surface area contributed by atoms with E-state index in [4.69, 9.17) is 0 Å². The van der Waals surface area contributed by atoms with E-state index in [0.717, 1.165) is 35.7 Å². The molecule has 0 aromatic heterocycles. The van der Waals surface area contributed by atoms with Crippen molar-refractivity contribution in [3.05, 3.63) is 36.0 Å². The Balaban J connectivity index is 1.65. The first-order valence-electron chi connectivity index (χ1n) is 8.35. The second-order valence-corrected chi connectivity index (χ2v) is 7.89. The first-order chi connectivity index (χ1) is 9.77. The smallest absolute Gasteiger partial charge is 0.160 e. The van der Waals surface area contributed by atoms with E-state index >= 15 is 0 Å². The molecular formula is C19H22O. The highest BCUT2D eigenvalue weighted by Gasteiger charge is 2.63. The van der Waals surface area contributed by atoms with Crippen LogP contribution in [0.5, 0.6) is 0 Å². The fraction of sp³-hybridized carbons (Fsp3) is 0.632. The Kier molecular flexibility index (Phi) is 2.16. The highest BCUT2D eigenvalue weighted by molar-refractivity contribution is 6.00. The highest BCUT2D eigenvalue weighted by atomic mass is 16.1. The number of carbonyl (C=O) groups excluding carboxylic acids is 1. The standard InChI is InChI=1S/C19H22O/c20-18-11-19(17-5-3-1-2-4-16(17)18)14-7-12-6-13(9-14)10-15(19)8-12/h1-5,12-15,17H,6-11H2. The summed E-state index contributed by atoms with van der Waals surface area (Å²) in [7, 11) is 0. The summed E-state index contributed by atoms with van der Waals surface area (Å²) in [5.74, 6) is 4.47. The molecule has 5 fully saturated rings. The van der Waals surface area contributed by atoms with Crippen LogP contribution in [0.2, 0.25) is 0 Å². The van der Waals surface area contributed by atoms with Crippen LogP contribution in [0.1, 0.15) is 38.5 Å². The van der Waals surface area contributed by atoms with Crippen molar-refractivity contribution in [1.82, 2.24) is 0 Å². The maximum atomic E-state index is 12.6. The molecule has 0 N–H and O–H groups in total. The summed E-state index contributed by atoms with van der Waals surface area (Å²) in [6.45, 7) is 0. The first-order valence-corrected chi connectivity index (χ1v) is 8.35. The predicted molar refractivity (Wildman–Crippen MR) is 79.0 cm³/mol. The number of hydrogen-bond acceptors (Lipinski definition) is 1. The zero-order valence-electron chi connectivity index (χ0n) is 11.9. The van der Waals surface area contributed by atoms with Crippen LogP contribution >= 0.6 is 0 Å². The van der Waals surface area contributed by atoms with Crippen LogP contribution in [0.25, 0.3) is 0 Å². The molecule has 1 nitrogen and oxygen atoms in total. The van der Waals surface area contributed by atoms with Gasteiger partial charge in [-0.3, -0.25) is 4.79 Å². The van der Waals surface area contributed by atoms with Crippen molar-refractivity contribution in [3.8, 4) is 0 Å². The lowest BCUT2D eigenvalue weighted by Gasteiger charge is -2.61. The first kappa shape index (κ1) is 11.5. The van der Waals surface area contributed by atoms with E-state index in [1.807, 2.05) is 0 Å². The number of ketones is 1. The van der Waals surface area contributed by atoms with E-state index in [9.17, 15) is 4.79 Å². The lowest BCUT2D eigenvalue weighted by atomic mass is 9.43. The molecule has 6 aliphatic carbocycles. The third-order valence-corrected chi connectivity index (χ3v) is 7.16. The van der Waals surface area contributed by atoms with Gasteiger partial charge < -0.3 is 0 Å². The van der Waals surface area contributed by atoms with Gasteiger partial charge in [-0.25, -0.2) is 0 Å². The summed E-state index contributed by atoms with van der Waals surface area (Å²) < 4.78 is 0. The minimum Gasteiger partial charge on any atom is -0.295 e. The number of rotatable bonds is 0. The molecule has 4 bridgehead atoms. The molecule has 1 spiro atoms. The van der Waals surface area contributed by atoms with E-state index in [1.54, 1.807) is 0 Å². The fourth-order valence-corrected chi connectivity index (χ4v) is 6.69. The molecule has 0 aliphatic heterocycles. The van der Waals surface area contributed by atoms with Gasteiger partial charge in [0.1, 0.15) is 0 Å². The van der Waals surface area contributed by atoms with Crippen molar-refractivity contribution in [2.45, 2.75) is 38.5 Å². The average Bonchev–Trinajstić information content (AvgIpc) is 2.61. The number of hydrogen-bond donors (Lipinski definition) is 0. The van der Waals surface area contributed by atoms with Crippen molar-refractivity contribution >= 4 is 5.78 Å². The molecule has 20 heavy (non-hydrogen) atoms. The van der Waals surface area contributed by atoms with Crippen LogP contribution in [0, 0.1) is 35.0 Å². The van der Waals surface area contributed by atoms with Gasteiger partial charge in [-0.05, 0) is 61.2 Å². The molecule has 0 aromatic carbocycles. The maximum absolute atomic E-state index is 12.6. The van der Waals surface area contributed by atoms with Gasteiger partial charge in [0.15, 0.2) is 5.78 Å². The lowest BCUT2D eigenvalue weighted by Crippen LogP contribution is -2.54. The number of carbonyl (C=O) groups is 1. The minimum absolute atomic E-state index is 0.304. The van der Waals surface area contributed by atoms with Crippen molar-refractivity contribution in [1.29, 1.82) is 0 Å². The Hall–Kier alpha value is -1.11. The Morgan fingerprint density at radius 1 is 0.900 bits per heavy atom. The monoisotopic (exact) mass is 266 g/mol. The van der Waals surface area contributed by atoms with E-state index in [1.165, 1.54) is 32.1 Å². The van der Waals surface area contributed by atoms with E-state index < -0.39 is 0 Å². The van der Waals surface area contributed by atoms with Crippen LogP contribution in [0.3, 0.4) is 0 Å². The van der Waals surface area contributed by atoms with Gasteiger partial charge >= 0.3 is 0 Å². The summed E-state index contributed by atoms with van der Waals surface area (Å²) in [5, 5.41) is 0. The van der Waals surface area contributed by atoms with Gasteiger partial charge in [0, 0.05) is 17.9 Å². The van der Waals surface area contributed by atoms with E-state index in [2.05, 4.69) is 30.4 Å². The number of allylic oxidation sites excluding steroid dienone is 6. The molecule has 1 atom stereocenters. The Morgan fingerprint density at radius 2 is 1.60 bits per heavy atom. The molecule has 0 heterocycles. The van der Waals surface area contributed by atoms with Crippen molar-refractivity contribution < 1.29 is 4.79 Å². The van der Waals surface area contributed by atoms with Gasteiger partial charge in [-0.1, -0.05) is 30.4 Å². The fourth-order valence-electron chi connectivity index (χ4n) is 6.69. The molecule has 1 unspecified atom stereocenters.